The molecule has 154 valence electrons. The molecule has 0 fully saturated rings. The lowest BCUT2D eigenvalue weighted by Crippen LogP contribution is -2.48. The molecule has 0 aromatic rings. The second kappa shape index (κ2) is 15.0. The maximum atomic E-state index is 5.29. The number of oxime groups is 2. The molecule has 6 heteroatoms. The largest absolute Gasteiger partial charge is 0.396 e. The van der Waals surface area contributed by atoms with Gasteiger partial charge in [-0.15, -0.1) is 0 Å². The first-order chi connectivity index (χ1) is 12.6. The van der Waals surface area contributed by atoms with E-state index in [1.807, 2.05) is 0 Å². The Labute approximate surface area is 162 Å². The molecule has 0 aliphatic carbocycles. The molecule has 0 bridgehead atoms. The second-order valence-electron chi connectivity index (χ2n) is 6.91. The zero-order valence-electron chi connectivity index (χ0n) is 18.2. The van der Waals surface area contributed by atoms with Crippen molar-refractivity contribution >= 4 is 12.4 Å². The van der Waals surface area contributed by atoms with Crippen molar-refractivity contribution in [2.45, 2.75) is 54.4 Å². The molecule has 0 aromatic heterocycles. The SMILES string of the molecule is CC[N+](CC)(CC)CCCO/N=C/C=N/OCCC[N+](CC)(CC)CC. The maximum Gasteiger partial charge on any atom is 0.122 e. The summed E-state index contributed by atoms with van der Waals surface area (Å²) in [7, 11) is 0. The van der Waals surface area contributed by atoms with Crippen molar-refractivity contribution in [3.05, 3.63) is 0 Å². The van der Waals surface area contributed by atoms with Crippen molar-refractivity contribution < 1.29 is 18.6 Å². The molecule has 0 saturated carbocycles. The van der Waals surface area contributed by atoms with E-state index in [-0.39, 0.29) is 0 Å². The standard InChI is InChI=1S/C20H44N4O2/c1-7-23(8-2,9-3)17-13-19-25-21-15-16-22-26-20-14-18-24(10-4,11-5)12-6/h15-16H,7-14,17-20H2,1-6H3/q+2/b21-15+,22-16+. The van der Waals surface area contributed by atoms with E-state index in [0.717, 1.165) is 34.9 Å². The normalized spacial score (nSPS) is 13.0. The molecule has 0 unspecified atom stereocenters. The molecule has 0 saturated heterocycles. The molecule has 0 atom stereocenters. The van der Waals surface area contributed by atoms with Gasteiger partial charge in [0, 0.05) is 12.8 Å². The van der Waals surface area contributed by atoms with Gasteiger partial charge in [0.1, 0.15) is 13.2 Å². The van der Waals surface area contributed by atoms with Gasteiger partial charge in [-0.3, -0.25) is 0 Å². The average molecular weight is 373 g/mol. The Morgan fingerprint density at radius 3 is 1.15 bits per heavy atom. The summed E-state index contributed by atoms with van der Waals surface area (Å²) in [5.74, 6) is 0. The summed E-state index contributed by atoms with van der Waals surface area (Å²) in [6.07, 6.45) is 5.14. The van der Waals surface area contributed by atoms with Crippen LogP contribution < -0.4 is 0 Å². The highest BCUT2D eigenvalue weighted by molar-refractivity contribution is 6.15. The Balaban J connectivity index is 3.77. The smallest absolute Gasteiger partial charge is 0.122 e. The third-order valence-electron chi connectivity index (χ3n) is 6.10. The summed E-state index contributed by atoms with van der Waals surface area (Å²) in [5, 5.41) is 7.80. The van der Waals surface area contributed by atoms with Gasteiger partial charge in [-0.2, -0.15) is 0 Å². The Bertz CT molecular complexity index is 325. The first kappa shape index (κ1) is 24.9. The van der Waals surface area contributed by atoms with E-state index in [2.05, 4.69) is 51.9 Å². The third-order valence-corrected chi connectivity index (χ3v) is 6.10. The molecule has 0 radical (unpaired) electrons. The predicted octanol–water partition coefficient (Wildman–Crippen LogP) is 3.52. The molecule has 0 N–H and O–H groups in total. The Hall–Kier alpha value is -1.14. The first-order valence-corrected chi connectivity index (χ1v) is 10.6. The van der Waals surface area contributed by atoms with Crippen LogP contribution in [0.25, 0.3) is 0 Å². The number of hydrogen-bond acceptors (Lipinski definition) is 4. The molecule has 0 spiro atoms. The molecular weight excluding hydrogens is 328 g/mol. The van der Waals surface area contributed by atoms with Gasteiger partial charge in [0.15, 0.2) is 0 Å². The summed E-state index contributed by atoms with van der Waals surface area (Å²) in [4.78, 5) is 10.6. The monoisotopic (exact) mass is 372 g/mol. The van der Waals surface area contributed by atoms with Crippen LogP contribution in [0.3, 0.4) is 0 Å². The minimum absolute atomic E-state index is 0.649. The highest BCUT2D eigenvalue weighted by atomic mass is 16.6. The van der Waals surface area contributed by atoms with Crippen molar-refractivity contribution in [2.24, 2.45) is 10.3 Å². The molecule has 0 aliphatic rings. The van der Waals surface area contributed by atoms with E-state index in [1.54, 1.807) is 12.4 Å². The fraction of sp³-hybridized carbons (Fsp3) is 0.900. The molecule has 0 aromatic carbocycles. The van der Waals surface area contributed by atoms with Gasteiger partial charge in [0.05, 0.1) is 64.8 Å². The van der Waals surface area contributed by atoms with Crippen LogP contribution in [0.5, 0.6) is 0 Å². The number of quaternary nitrogens is 2. The summed E-state index contributed by atoms with van der Waals surface area (Å²) >= 11 is 0. The van der Waals surface area contributed by atoms with Gasteiger partial charge in [-0.1, -0.05) is 10.3 Å². The molecule has 26 heavy (non-hydrogen) atoms. The Morgan fingerprint density at radius 1 is 0.577 bits per heavy atom. The summed E-state index contributed by atoms with van der Waals surface area (Å²) in [6.45, 7) is 24.2. The Kier molecular flexibility index (Phi) is 14.3. The Morgan fingerprint density at radius 2 is 0.885 bits per heavy atom. The third kappa shape index (κ3) is 9.53. The highest BCUT2D eigenvalue weighted by Crippen LogP contribution is 2.08. The lowest BCUT2D eigenvalue weighted by molar-refractivity contribution is -0.923. The van der Waals surface area contributed by atoms with Crippen molar-refractivity contribution in [1.29, 1.82) is 0 Å². The van der Waals surface area contributed by atoms with E-state index in [9.17, 15) is 0 Å². The van der Waals surface area contributed by atoms with E-state index in [0.29, 0.717) is 13.2 Å². The lowest BCUT2D eigenvalue weighted by atomic mass is 10.3. The van der Waals surface area contributed by atoms with E-state index >= 15 is 0 Å². The topological polar surface area (TPSA) is 43.2 Å². The van der Waals surface area contributed by atoms with E-state index < -0.39 is 0 Å². The van der Waals surface area contributed by atoms with Crippen molar-refractivity contribution in [2.75, 3.05) is 65.6 Å². The van der Waals surface area contributed by atoms with Gasteiger partial charge >= 0.3 is 0 Å². The van der Waals surface area contributed by atoms with Crippen LogP contribution >= 0.6 is 0 Å². The summed E-state index contributed by atoms with van der Waals surface area (Å²) in [6, 6.07) is 0. The summed E-state index contributed by atoms with van der Waals surface area (Å²) in [5.41, 5.74) is 0. The minimum Gasteiger partial charge on any atom is -0.396 e. The minimum atomic E-state index is 0.649. The van der Waals surface area contributed by atoms with Crippen LogP contribution in [-0.2, 0) is 9.68 Å². The second-order valence-corrected chi connectivity index (χ2v) is 6.91. The quantitative estimate of drug-likeness (QED) is 0.170. The summed E-state index contributed by atoms with van der Waals surface area (Å²) < 4.78 is 2.30. The molecule has 0 heterocycles. The molecule has 0 aliphatic heterocycles. The molecule has 0 rings (SSSR count). The molecule has 0 amide bonds. The highest BCUT2D eigenvalue weighted by Gasteiger charge is 2.20. The van der Waals surface area contributed by atoms with E-state index in [1.165, 1.54) is 39.3 Å². The van der Waals surface area contributed by atoms with Crippen molar-refractivity contribution in [3.8, 4) is 0 Å². The van der Waals surface area contributed by atoms with Gasteiger partial charge in [0.2, 0.25) is 0 Å². The number of nitrogens with zero attached hydrogens (tertiary/aromatic N) is 4. The van der Waals surface area contributed by atoms with Crippen LogP contribution in [0, 0.1) is 0 Å². The zero-order valence-corrected chi connectivity index (χ0v) is 18.2. The van der Waals surface area contributed by atoms with Gasteiger partial charge in [-0.25, -0.2) is 0 Å². The maximum absolute atomic E-state index is 5.29. The van der Waals surface area contributed by atoms with Gasteiger partial charge in [-0.05, 0) is 41.5 Å². The van der Waals surface area contributed by atoms with Crippen LogP contribution in [0.2, 0.25) is 0 Å². The molecular formula is C20H44N4O2+2. The van der Waals surface area contributed by atoms with Crippen LogP contribution in [0.15, 0.2) is 10.3 Å². The van der Waals surface area contributed by atoms with Crippen molar-refractivity contribution in [3.63, 3.8) is 0 Å². The van der Waals surface area contributed by atoms with E-state index in [4.69, 9.17) is 9.68 Å². The predicted molar refractivity (Wildman–Crippen MR) is 112 cm³/mol. The van der Waals surface area contributed by atoms with Crippen LogP contribution in [-0.4, -0.2) is 87.0 Å². The van der Waals surface area contributed by atoms with Crippen LogP contribution in [0.1, 0.15) is 54.4 Å². The van der Waals surface area contributed by atoms with Gasteiger partial charge < -0.3 is 18.6 Å². The average Bonchev–Trinajstić information content (AvgIpc) is 2.69. The first-order valence-electron chi connectivity index (χ1n) is 10.6. The van der Waals surface area contributed by atoms with Crippen LogP contribution in [0.4, 0.5) is 0 Å². The lowest BCUT2D eigenvalue weighted by Gasteiger charge is -2.35. The fourth-order valence-corrected chi connectivity index (χ4v) is 3.47. The van der Waals surface area contributed by atoms with Crippen molar-refractivity contribution in [1.82, 2.24) is 0 Å². The number of hydrogen-bond donors (Lipinski definition) is 0. The van der Waals surface area contributed by atoms with Gasteiger partial charge in [0.25, 0.3) is 0 Å². The fourth-order valence-electron chi connectivity index (χ4n) is 3.47. The molecule has 6 nitrogen and oxygen atoms in total. The zero-order chi connectivity index (χ0) is 19.7. The number of rotatable bonds is 17.